The van der Waals surface area contributed by atoms with Crippen LogP contribution in [0.5, 0.6) is 0 Å². The predicted molar refractivity (Wildman–Crippen MR) is 73.9 cm³/mol. The first-order valence-corrected chi connectivity index (χ1v) is 6.09. The highest BCUT2D eigenvalue weighted by atomic mass is 19.4. The maximum absolute atomic E-state index is 12.5. The number of rotatable bonds is 2. The molecule has 2 aromatic rings. The van der Waals surface area contributed by atoms with Crippen LogP contribution in [0.2, 0.25) is 0 Å². The molecular weight excluding hydrogens is 291 g/mol. The molecule has 6 heteroatoms. The molecule has 108 valence electrons. The molecule has 0 spiro atoms. The first-order valence-electron chi connectivity index (χ1n) is 6.09. The first-order chi connectivity index (χ1) is 10.4. The summed E-state index contributed by atoms with van der Waals surface area (Å²) >= 11 is 0. The molecule has 3 nitrogen and oxygen atoms in total. The van der Waals surface area contributed by atoms with Gasteiger partial charge in [0.1, 0.15) is 6.07 Å². The molecule has 2 rings (SSSR count). The second-order valence-electron chi connectivity index (χ2n) is 4.33. The van der Waals surface area contributed by atoms with E-state index in [1.165, 1.54) is 6.08 Å². The molecule has 0 radical (unpaired) electrons. The third-order valence-corrected chi connectivity index (χ3v) is 2.84. The van der Waals surface area contributed by atoms with Gasteiger partial charge in [0.25, 0.3) is 0 Å². The van der Waals surface area contributed by atoms with Gasteiger partial charge in [-0.1, -0.05) is 12.1 Å². The van der Waals surface area contributed by atoms with Crippen LogP contribution >= 0.6 is 0 Å². The number of aromatic nitrogens is 1. The number of nitriles is 2. The molecule has 0 aliphatic rings. The number of pyridine rings is 1. The Balaban J connectivity index is 2.33. The van der Waals surface area contributed by atoms with Crippen LogP contribution in [0, 0.1) is 22.7 Å². The van der Waals surface area contributed by atoms with Crippen LogP contribution < -0.4 is 0 Å². The van der Waals surface area contributed by atoms with E-state index in [0.29, 0.717) is 17.3 Å². The fraction of sp³-hybridized carbons (Fsp3) is 0.0625. The Kier molecular flexibility index (Phi) is 4.24. The number of halogens is 3. The molecule has 0 fully saturated rings. The first kappa shape index (κ1) is 15.3. The van der Waals surface area contributed by atoms with Crippen LogP contribution in [0.1, 0.15) is 22.4 Å². The molecule has 1 heterocycles. The van der Waals surface area contributed by atoms with E-state index in [2.05, 4.69) is 4.98 Å². The maximum atomic E-state index is 12.5. The summed E-state index contributed by atoms with van der Waals surface area (Å²) in [5.41, 5.74) is 0.547. The molecule has 22 heavy (non-hydrogen) atoms. The van der Waals surface area contributed by atoms with Gasteiger partial charge in [0.2, 0.25) is 0 Å². The van der Waals surface area contributed by atoms with Crippen molar-refractivity contribution in [1.29, 1.82) is 10.5 Å². The number of hydrogen-bond acceptors (Lipinski definition) is 3. The van der Waals surface area contributed by atoms with Gasteiger partial charge in [-0.2, -0.15) is 23.7 Å². The zero-order chi connectivity index (χ0) is 16.2. The molecule has 0 aliphatic carbocycles. The zero-order valence-corrected chi connectivity index (χ0v) is 11.1. The van der Waals surface area contributed by atoms with Gasteiger partial charge in [-0.15, -0.1) is 0 Å². The summed E-state index contributed by atoms with van der Waals surface area (Å²) in [6, 6.07) is 12.4. The molecule has 0 saturated heterocycles. The maximum Gasteiger partial charge on any atom is 0.417 e. The molecule has 0 unspecified atom stereocenters. The highest BCUT2D eigenvalue weighted by Crippen LogP contribution is 2.29. The fourth-order valence-corrected chi connectivity index (χ4v) is 1.70. The molecular formula is C16H8F3N3. The van der Waals surface area contributed by atoms with Crippen molar-refractivity contribution in [3.05, 3.63) is 65.0 Å². The minimum absolute atomic E-state index is 0.137. The molecule has 0 saturated carbocycles. The van der Waals surface area contributed by atoms with Gasteiger partial charge >= 0.3 is 6.18 Å². The van der Waals surface area contributed by atoms with E-state index in [1.54, 1.807) is 24.3 Å². The Bertz CT molecular complexity index is 774. The molecule has 1 aromatic heterocycles. The predicted octanol–water partition coefficient (Wildman–Crippen LogP) is 4.04. The van der Waals surface area contributed by atoms with Crippen molar-refractivity contribution in [3.63, 3.8) is 0 Å². The lowest BCUT2D eigenvalue weighted by atomic mass is 10.1. The lowest BCUT2D eigenvalue weighted by Gasteiger charge is -2.06. The topological polar surface area (TPSA) is 60.5 Å². The Hall–Kier alpha value is -3.12. The number of allylic oxidation sites excluding steroid dienone is 1. The van der Waals surface area contributed by atoms with Crippen molar-refractivity contribution >= 4 is 11.6 Å². The minimum Gasteiger partial charge on any atom is -0.255 e. The minimum atomic E-state index is -4.46. The summed E-state index contributed by atoms with van der Waals surface area (Å²) in [6.07, 6.45) is -2.27. The van der Waals surface area contributed by atoms with Crippen molar-refractivity contribution < 1.29 is 13.2 Å². The fourth-order valence-electron chi connectivity index (χ4n) is 1.70. The normalized spacial score (nSPS) is 11.6. The molecule has 0 N–H and O–H groups in total. The van der Waals surface area contributed by atoms with Crippen LogP contribution in [0.25, 0.3) is 11.6 Å². The summed E-state index contributed by atoms with van der Waals surface area (Å²) in [7, 11) is 0. The Morgan fingerprint density at radius 2 is 1.73 bits per heavy atom. The summed E-state index contributed by atoms with van der Waals surface area (Å²) < 4.78 is 37.4. The van der Waals surface area contributed by atoms with E-state index >= 15 is 0 Å². The van der Waals surface area contributed by atoms with Crippen molar-refractivity contribution in [2.24, 2.45) is 0 Å². The van der Waals surface area contributed by atoms with Crippen LogP contribution in [0.4, 0.5) is 13.2 Å². The average molecular weight is 299 g/mol. The number of hydrogen-bond donors (Lipinski definition) is 0. The molecule has 0 aliphatic heterocycles. The van der Waals surface area contributed by atoms with Gasteiger partial charge in [0.15, 0.2) is 0 Å². The van der Waals surface area contributed by atoms with Crippen LogP contribution in [-0.2, 0) is 6.18 Å². The third kappa shape index (κ3) is 3.50. The van der Waals surface area contributed by atoms with Crippen molar-refractivity contribution in [3.8, 4) is 12.1 Å². The monoisotopic (exact) mass is 299 g/mol. The molecule has 0 amide bonds. The second kappa shape index (κ2) is 6.11. The van der Waals surface area contributed by atoms with E-state index in [4.69, 9.17) is 10.5 Å². The van der Waals surface area contributed by atoms with Gasteiger partial charge in [-0.3, -0.25) is 4.98 Å². The second-order valence-corrected chi connectivity index (χ2v) is 4.33. The lowest BCUT2D eigenvalue weighted by Crippen LogP contribution is -2.05. The van der Waals surface area contributed by atoms with Crippen molar-refractivity contribution in [1.82, 2.24) is 4.98 Å². The molecule has 0 atom stereocenters. The summed E-state index contributed by atoms with van der Waals surface area (Å²) in [5, 5.41) is 17.8. The van der Waals surface area contributed by atoms with E-state index < -0.39 is 11.7 Å². The lowest BCUT2D eigenvalue weighted by molar-refractivity contribution is -0.137. The van der Waals surface area contributed by atoms with Gasteiger partial charge in [-0.25, -0.2) is 0 Å². The largest absolute Gasteiger partial charge is 0.417 e. The highest BCUT2D eigenvalue weighted by Gasteiger charge is 2.30. The number of nitrogens with zero attached hydrogens (tertiary/aromatic N) is 3. The van der Waals surface area contributed by atoms with Gasteiger partial charge in [0, 0.05) is 6.20 Å². The van der Waals surface area contributed by atoms with Crippen LogP contribution in [0.15, 0.2) is 42.6 Å². The summed E-state index contributed by atoms with van der Waals surface area (Å²) in [6.45, 7) is 0. The summed E-state index contributed by atoms with van der Waals surface area (Å²) in [4.78, 5) is 3.68. The van der Waals surface area contributed by atoms with E-state index in [-0.39, 0.29) is 11.3 Å². The number of benzene rings is 1. The zero-order valence-electron chi connectivity index (χ0n) is 11.1. The Morgan fingerprint density at radius 3 is 2.18 bits per heavy atom. The van der Waals surface area contributed by atoms with Gasteiger partial charge < -0.3 is 0 Å². The highest BCUT2D eigenvalue weighted by molar-refractivity contribution is 5.88. The van der Waals surface area contributed by atoms with Crippen LogP contribution in [0.3, 0.4) is 0 Å². The Labute approximate surface area is 124 Å². The van der Waals surface area contributed by atoms with E-state index in [0.717, 1.165) is 12.1 Å². The van der Waals surface area contributed by atoms with Crippen molar-refractivity contribution in [2.75, 3.05) is 0 Å². The van der Waals surface area contributed by atoms with Crippen molar-refractivity contribution in [2.45, 2.75) is 6.18 Å². The molecule has 1 aromatic carbocycles. The van der Waals surface area contributed by atoms with Gasteiger partial charge in [0.05, 0.1) is 28.5 Å². The van der Waals surface area contributed by atoms with E-state index in [1.807, 2.05) is 12.1 Å². The van der Waals surface area contributed by atoms with E-state index in [9.17, 15) is 13.2 Å². The standard InChI is InChI=1S/C16H8F3N3/c17-16(18,19)14-5-6-15(22-10-14)13(9-21)7-11-1-3-12(8-20)4-2-11/h1-7,10H/b13-7-. The third-order valence-electron chi connectivity index (χ3n) is 2.84. The SMILES string of the molecule is N#C/C(=C/c1ccc(C#N)cc1)c1ccc(C(F)(F)F)cn1. The smallest absolute Gasteiger partial charge is 0.255 e. The molecule has 0 bridgehead atoms. The average Bonchev–Trinajstić information content (AvgIpc) is 2.52. The number of alkyl halides is 3. The Morgan fingerprint density at radius 1 is 1.05 bits per heavy atom. The quantitative estimate of drug-likeness (QED) is 0.786. The van der Waals surface area contributed by atoms with Crippen LogP contribution in [-0.4, -0.2) is 4.98 Å². The van der Waals surface area contributed by atoms with Gasteiger partial charge in [-0.05, 0) is 35.9 Å². The summed E-state index contributed by atoms with van der Waals surface area (Å²) in [5.74, 6) is 0.